The van der Waals surface area contributed by atoms with Crippen LogP contribution in [0.25, 0.3) is 22.0 Å². The van der Waals surface area contributed by atoms with Crippen molar-refractivity contribution >= 4 is 10.9 Å². The van der Waals surface area contributed by atoms with Gasteiger partial charge in [-0.25, -0.2) is 0 Å². The molecule has 0 fully saturated rings. The van der Waals surface area contributed by atoms with Crippen molar-refractivity contribution in [3.63, 3.8) is 0 Å². The van der Waals surface area contributed by atoms with Crippen LogP contribution in [0.2, 0.25) is 0 Å². The lowest BCUT2D eigenvalue weighted by Gasteiger charge is -2.15. The number of ether oxygens (including phenoxy) is 1. The lowest BCUT2D eigenvalue weighted by Crippen LogP contribution is -2.01. The van der Waals surface area contributed by atoms with E-state index >= 15 is 0 Å². The molecule has 0 radical (unpaired) electrons. The van der Waals surface area contributed by atoms with Crippen molar-refractivity contribution in [2.75, 3.05) is 7.11 Å². The van der Waals surface area contributed by atoms with Gasteiger partial charge in [-0.05, 0) is 65.3 Å². The average Bonchev–Trinajstić information content (AvgIpc) is 3.06. The highest BCUT2D eigenvalue weighted by Crippen LogP contribution is 2.30. The van der Waals surface area contributed by atoms with Crippen LogP contribution in [0.4, 0.5) is 0 Å². The summed E-state index contributed by atoms with van der Waals surface area (Å²) in [6, 6.07) is 23.6. The van der Waals surface area contributed by atoms with Crippen LogP contribution in [0, 0.1) is 13.8 Å². The lowest BCUT2D eigenvalue weighted by molar-refractivity contribution is 0.415. The molecule has 0 aliphatic heterocycles. The molecule has 1 aromatic heterocycles. The van der Waals surface area contributed by atoms with Gasteiger partial charge in [0.05, 0.1) is 12.6 Å². The van der Waals surface area contributed by atoms with Gasteiger partial charge in [0.15, 0.2) is 0 Å². The molecule has 26 heavy (non-hydrogen) atoms. The molecule has 0 bridgehead atoms. The Morgan fingerprint density at radius 3 is 2.46 bits per heavy atom. The molecular formula is C24H23NO. The van der Waals surface area contributed by atoms with Gasteiger partial charge in [0.2, 0.25) is 0 Å². The van der Waals surface area contributed by atoms with Crippen molar-refractivity contribution in [1.82, 2.24) is 4.57 Å². The number of rotatable bonds is 4. The zero-order chi connectivity index (χ0) is 18.1. The largest absolute Gasteiger partial charge is 0.497 e. The SMILES string of the molecule is COc1ccc2ccn(Cc3cccc(-c4ccccc4C)c3C)c2c1. The Hall–Kier alpha value is -3.00. The zero-order valence-corrected chi connectivity index (χ0v) is 15.5. The molecule has 4 aromatic rings. The van der Waals surface area contributed by atoms with Crippen molar-refractivity contribution in [3.8, 4) is 16.9 Å². The maximum Gasteiger partial charge on any atom is 0.120 e. The Bertz CT molecular complexity index is 1070. The molecule has 2 heteroatoms. The smallest absolute Gasteiger partial charge is 0.120 e. The van der Waals surface area contributed by atoms with Crippen LogP contribution in [0.5, 0.6) is 5.75 Å². The molecule has 0 N–H and O–H groups in total. The second-order valence-electron chi connectivity index (χ2n) is 6.77. The second-order valence-corrected chi connectivity index (χ2v) is 6.77. The maximum atomic E-state index is 5.40. The quantitative estimate of drug-likeness (QED) is 0.445. The summed E-state index contributed by atoms with van der Waals surface area (Å²) in [7, 11) is 1.71. The van der Waals surface area contributed by atoms with E-state index in [1.54, 1.807) is 7.11 Å². The Kier molecular flexibility index (Phi) is 4.26. The predicted octanol–water partition coefficient (Wildman–Crippen LogP) is 5.98. The van der Waals surface area contributed by atoms with E-state index in [-0.39, 0.29) is 0 Å². The van der Waals surface area contributed by atoms with E-state index in [9.17, 15) is 0 Å². The van der Waals surface area contributed by atoms with Crippen LogP contribution in [0.15, 0.2) is 72.9 Å². The number of aromatic nitrogens is 1. The van der Waals surface area contributed by atoms with Gasteiger partial charge in [0.1, 0.15) is 5.75 Å². The molecular weight excluding hydrogens is 318 g/mol. The third-order valence-electron chi connectivity index (χ3n) is 5.20. The molecule has 0 atom stereocenters. The molecule has 2 nitrogen and oxygen atoms in total. The topological polar surface area (TPSA) is 14.2 Å². The molecule has 1 heterocycles. The fourth-order valence-corrected chi connectivity index (χ4v) is 3.63. The number of hydrogen-bond donors (Lipinski definition) is 0. The van der Waals surface area contributed by atoms with Gasteiger partial charge in [-0.1, -0.05) is 42.5 Å². The number of benzene rings is 3. The summed E-state index contributed by atoms with van der Waals surface area (Å²) in [6.45, 7) is 5.25. The summed E-state index contributed by atoms with van der Waals surface area (Å²) in [5.41, 5.74) is 7.81. The predicted molar refractivity (Wildman–Crippen MR) is 109 cm³/mol. The van der Waals surface area contributed by atoms with Crippen molar-refractivity contribution in [1.29, 1.82) is 0 Å². The van der Waals surface area contributed by atoms with E-state index in [0.29, 0.717) is 0 Å². The minimum absolute atomic E-state index is 0.849. The second kappa shape index (κ2) is 6.72. The van der Waals surface area contributed by atoms with Crippen LogP contribution in [0.1, 0.15) is 16.7 Å². The van der Waals surface area contributed by atoms with Crippen molar-refractivity contribution in [2.24, 2.45) is 0 Å². The number of nitrogens with zero attached hydrogens (tertiary/aromatic N) is 1. The first-order valence-corrected chi connectivity index (χ1v) is 8.95. The molecule has 0 aliphatic rings. The first kappa shape index (κ1) is 16.5. The van der Waals surface area contributed by atoms with Gasteiger partial charge < -0.3 is 9.30 Å². The van der Waals surface area contributed by atoms with Gasteiger partial charge in [-0.3, -0.25) is 0 Å². The molecule has 0 aliphatic carbocycles. The normalized spacial score (nSPS) is 11.0. The molecule has 0 saturated heterocycles. The Morgan fingerprint density at radius 2 is 1.65 bits per heavy atom. The van der Waals surface area contributed by atoms with Gasteiger partial charge in [0, 0.05) is 18.8 Å². The highest BCUT2D eigenvalue weighted by atomic mass is 16.5. The van der Waals surface area contributed by atoms with Crippen molar-refractivity contribution < 1.29 is 4.74 Å². The van der Waals surface area contributed by atoms with E-state index in [0.717, 1.165) is 12.3 Å². The van der Waals surface area contributed by atoms with Gasteiger partial charge in [-0.2, -0.15) is 0 Å². The van der Waals surface area contributed by atoms with E-state index in [1.165, 1.54) is 38.7 Å². The summed E-state index contributed by atoms with van der Waals surface area (Å²) in [4.78, 5) is 0. The summed E-state index contributed by atoms with van der Waals surface area (Å²) in [5.74, 6) is 0.892. The maximum absolute atomic E-state index is 5.40. The van der Waals surface area contributed by atoms with Crippen LogP contribution in [0.3, 0.4) is 0 Å². The number of hydrogen-bond acceptors (Lipinski definition) is 1. The Labute approximate surface area is 154 Å². The molecule has 3 aromatic carbocycles. The van der Waals surface area contributed by atoms with Crippen LogP contribution >= 0.6 is 0 Å². The molecule has 0 saturated carbocycles. The minimum atomic E-state index is 0.849. The van der Waals surface area contributed by atoms with Gasteiger partial charge in [0.25, 0.3) is 0 Å². The Balaban J connectivity index is 1.76. The average molecular weight is 341 g/mol. The molecule has 0 spiro atoms. The molecule has 130 valence electrons. The van der Waals surface area contributed by atoms with Gasteiger partial charge in [-0.15, -0.1) is 0 Å². The summed E-state index contributed by atoms with van der Waals surface area (Å²) >= 11 is 0. The number of fused-ring (bicyclic) bond motifs is 1. The molecule has 4 rings (SSSR count). The fraction of sp³-hybridized carbons (Fsp3) is 0.167. The van der Waals surface area contributed by atoms with Crippen LogP contribution in [-0.2, 0) is 6.54 Å². The van der Waals surface area contributed by atoms with Crippen LogP contribution in [-0.4, -0.2) is 11.7 Å². The highest BCUT2D eigenvalue weighted by Gasteiger charge is 2.10. The van der Waals surface area contributed by atoms with Crippen molar-refractivity contribution in [2.45, 2.75) is 20.4 Å². The minimum Gasteiger partial charge on any atom is -0.497 e. The van der Waals surface area contributed by atoms with Gasteiger partial charge >= 0.3 is 0 Å². The number of methoxy groups -OCH3 is 1. The monoisotopic (exact) mass is 341 g/mol. The first-order chi connectivity index (χ1) is 12.7. The summed E-state index contributed by atoms with van der Waals surface area (Å²) < 4.78 is 7.69. The Morgan fingerprint density at radius 1 is 0.846 bits per heavy atom. The standard InChI is InChI=1S/C24H23NO/c1-17-7-4-5-9-22(17)23-10-6-8-20(18(23)2)16-25-14-13-19-11-12-21(26-3)15-24(19)25/h4-15H,16H2,1-3H3. The molecule has 0 amide bonds. The van der Waals surface area contributed by atoms with E-state index in [1.807, 2.05) is 6.07 Å². The summed E-state index contributed by atoms with van der Waals surface area (Å²) in [6.07, 6.45) is 2.16. The first-order valence-electron chi connectivity index (χ1n) is 8.95. The lowest BCUT2D eigenvalue weighted by atomic mass is 9.93. The van der Waals surface area contributed by atoms with E-state index < -0.39 is 0 Å². The molecule has 0 unspecified atom stereocenters. The zero-order valence-electron chi connectivity index (χ0n) is 15.5. The number of aryl methyl sites for hydroxylation is 1. The third-order valence-corrected chi connectivity index (χ3v) is 5.20. The van der Waals surface area contributed by atoms with E-state index in [2.05, 4.69) is 85.3 Å². The highest BCUT2D eigenvalue weighted by molar-refractivity contribution is 5.82. The van der Waals surface area contributed by atoms with Crippen molar-refractivity contribution in [3.05, 3.63) is 89.6 Å². The third kappa shape index (κ3) is 2.88. The fourth-order valence-electron chi connectivity index (χ4n) is 3.63. The van der Waals surface area contributed by atoms with E-state index in [4.69, 9.17) is 4.74 Å². The summed E-state index contributed by atoms with van der Waals surface area (Å²) in [5, 5.41) is 1.23. The van der Waals surface area contributed by atoms with Crippen LogP contribution < -0.4 is 4.74 Å².